The van der Waals surface area contributed by atoms with Gasteiger partial charge in [-0.3, -0.25) is 4.79 Å². The first-order valence-corrected chi connectivity index (χ1v) is 3.22. The summed E-state index contributed by atoms with van der Waals surface area (Å²) in [6.45, 7) is 1.75. The number of carboxylic acid groups (broad SMARTS) is 2. The van der Waals surface area contributed by atoms with Crippen molar-refractivity contribution in [2.45, 2.75) is 19.8 Å². The van der Waals surface area contributed by atoms with Gasteiger partial charge >= 0.3 is 11.9 Å². The fourth-order valence-electron chi connectivity index (χ4n) is 0.644. The van der Waals surface area contributed by atoms with Crippen LogP contribution in [0.5, 0.6) is 0 Å². The number of hydrogen-bond acceptors (Lipinski definition) is 2. The molecule has 0 heterocycles. The summed E-state index contributed by atoms with van der Waals surface area (Å²) in [6, 6.07) is 0. The molecule has 11 heavy (non-hydrogen) atoms. The molecule has 0 unspecified atom stereocenters. The van der Waals surface area contributed by atoms with Crippen LogP contribution in [0.4, 0.5) is 0 Å². The van der Waals surface area contributed by atoms with Gasteiger partial charge in [-0.1, -0.05) is 13.0 Å². The summed E-state index contributed by atoms with van der Waals surface area (Å²) in [4.78, 5) is 20.4. The molecule has 0 spiro atoms. The average molecular weight is 158 g/mol. The molecule has 0 rings (SSSR count). The summed E-state index contributed by atoms with van der Waals surface area (Å²) in [5.41, 5.74) is -0.0556. The molecule has 0 amide bonds. The fraction of sp³-hybridized carbons (Fsp3) is 0.429. The van der Waals surface area contributed by atoms with E-state index in [-0.39, 0.29) is 5.57 Å². The Labute approximate surface area is 64.2 Å². The summed E-state index contributed by atoms with van der Waals surface area (Å²) in [5, 5.41) is 16.7. The largest absolute Gasteiger partial charge is 0.481 e. The Bertz CT molecular complexity index is 193. The van der Waals surface area contributed by atoms with Crippen LogP contribution in [0.25, 0.3) is 0 Å². The van der Waals surface area contributed by atoms with Crippen molar-refractivity contribution in [3.63, 3.8) is 0 Å². The molecule has 0 fully saturated rings. The van der Waals surface area contributed by atoms with Gasteiger partial charge in [-0.2, -0.15) is 0 Å². The lowest BCUT2D eigenvalue weighted by atomic mass is 10.1. The molecule has 0 bridgehead atoms. The van der Waals surface area contributed by atoms with Gasteiger partial charge in [-0.15, -0.1) is 0 Å². The highest BCUT2D eigenvalue weighted by atomic mass is 16.4. The summed E-state index contributed by atoms with van der Waals surface area (Å²) in [5.74, 6) is -2.28. The van der Waals surface area contributed by atoms with Crippen LogP contribution in [0.2, 0.25) is 0 Å². The zero-order chi connectivity index (χ0) is 8.85. The molecule has 2 N–H and O–H groups in total. The SMILES string of the molecule is CCC=C(CC(=O)O)C(=O)O. The lowest BCUT2D eigenvalue weighted by Crippen LogP contribution is -2.06. The third-order valence-corrected chi connectivity index (χ3v) is 1.07. The molecule has 0 saturated carbocycles. The molecule has 0 aromatic rings. The van der Waals surface area contributed by atoms with E-state index in [1.165, 1.54) is 6.08 Å². The van der Waals surface area contributed by atoms with Crippen LogP contribution < -0.4 is 0 Å². The fourth-order valence-corrected chi connectivity index (χ4v) is 0.644. The van der Waals surface area contributed by atoms with Crippen molar-refractivity contribution in [3.05, 3.63) is 11.6 Å². The third kappa shape index (κ3) is 4.13. The number of hydrogen-bond donors (Lipinski definition) is 2. The minimum Gasteiger partial charge on any atom is -0.481 e. The van der Waals surface area contributed by atoms with Crippen LogP contribution in [0.15, 0.2) is 11.6 Å². The maximum absolute atomic E-state index is 10.3. The van der Waals surface area contributed by atoms with Crippen LogP contribution in [0, 0.1) is 0 Å². The predicted octanol–water partition coefficient (Wildman–Crippen LogP) is 0.882. The molecule has 62 valence electrons. The normalized spacial score (nSPS) is 11.2. The van der Waals surface area contributed by atoms with E-state index in [1.807, 2.05) is 0 Å². The van der Waals surface area contributed by atoms with Crippen LogP contribution in [0.3, 0.4) is 0 Å². The molecule has 0 radical (unpaired) electrons. The van der Waals surface area contributed by atoms with Crippen molar-refractivity contribution >= 4 is 11.9 Å². The predicted molar refractivity (Wildman–Crippen MR) is 38.3 cm³/mol. The van der Waals surface area contributed by atoms with Gasteiger partial charge in [-0.05, 0) is 6.42 Å². The van der Waals surface area contributed by atoms with Crippen LogP contribution in [-0.2, 0) is 9.59 Å². The Morgan fingerprint density at radius 2 is 1.91 bits per heavy atom. The minimum atomic E-state index is -1.16. The first-order valence-electron chi connectivity index (χ1n) is 3.22. The molecule has 0 aliphatic carbocycles. The van der Waals surface area contributed by atoms with E-state index < -0.39 is 18.4 Å². The molecular formula is C7H10O4. The standard InChI is InChI=1S/C7H10O4/c1-2-3-5(7(10)11)4-6(8)9/h3H,2,4H2,1H3,(H,8,9)(H,10,11). The van der Waals surface area contributed by atoms with Gasteiger partial charge in [0.05, 0.1) is 6.42 Å². The molecule has 0 atom stereocenters. The third-order valence-electron chi connectivity index (χ3n) is 1.07. The van der Waals surface area contributed by atoms with Crippen LogP contribution in [0.1, 0.15) is 19.8 Å². The Balaban J connectivity index is 4.23. The average Bonchev–Trinajstić information content (AvgIpc) is 1.86. The van der Waals surface area contributed by atoms with Gasteiger partial charge in [0.1, 0.15) is 0 Å². The van der Waals surface area contributed by atoms with Gasteiger partial charge in [0, 0.05) is 5.57 Å². The van der Waals surface area contributed by atoms with Crippen molar-refractivity contribution in [2.75, 3.05) is 0 Å². The van der Waals surface area contributed by atoms with Crippen LogP contribution in [-0.4, -0.2) is 22.2 Å². The van der Waals surface area contributed by atoms with Crippen molar-refractivity contribution in [1.82, 2.24) is 0 Å². The van der Waals surface area contributed by atoms with Crippen molar-refractivity contribution in [3.8, 4) is 0 Å². The van der Waals surface area contributed by atoms with Gasteiger partial charge in [0.2, 0.25) is 0 Å². The van der Waals surface area contributed by atoms with E-state index in [9.17, 15) is 9.59 Å². The molecule has 0 aliphatic heterocycles. The molecule has 4 heteroatoms. The number of rotatable bonds is 4. The van der Waals surface area contributed by atoms with E-state index in [4.69, 9.17) is 10.2 Å². The Morgan fingerprint density at radius 3 is 2.18 bits per heavy atom. The van der Waals surface area contributed by atoms with E-state index in [1.54, 1.807) is 6.92 Å². The van der Waals surface area contributed by atoms with E-state index in [2.05, 4.69) is 0 Å². The first kappa shape index (κ1) is 9.68. The highest BCUT2D eigenvalue weighted by Crippen LogP contribution is 2.02. The minimum absolute atomic E-state index is 0.0556. The van der Waals surface area contributed by atoms with E-state index in [0.717, 1.165) is 0 Å². The van der Waals surface area contributed by atoms with Gasteiger partial charge in [0.25, 0.3) is 0 Å². The van der Waals surface area contributed by atoms with E-state index >= 15 is 0 Å². The first-order chi connectivity index (χ1) is 5.07. The molecule has 0 aromatic heterocycles. The second kappa shape index (κ2) is 4.49. The molecule has 0 aromatic carbocycles. The molecular weight excluding hydrogens is 148 g/mol. The van der Waals surface area contributed by atoms with Gasteiger partial charge in [-0.25, -0.2) is 4.79 Å². The topological polar surface area (TPSA) is 74.6 Å². The smallest absolute Gasteiger partial charge is 0.331 e. The number of carboxylic acids is 2. The zero-order valence-corrected chi connectivity index (χ0v) is 6.20. The lowest BCUT2D eigenvalue weighted by molar-refractivity contribution is -0.139. The second-order valence-electron chi connectivity index (χ2n) is 2.01. The summed E-state index contributed by atoms with van der Waals surface area (Å²) >= 11 is 0. The Hall–Kier alpha value is -1.32. The van der Waals surface area contributed by atoms with Crippen molar-refractivity contribution in [2.24, 2.45) is 0 Å². The van der Waals surface area contributed by atoms with Crippen molar-refractivity contribution in [1.29, 1.82) is 0 Å². The molecule has 4 nitrogen and oxygen atoms in total. The zero-order valence-electron chi connectivity index (χ0n) is 6.20. The molecule has 0 aliphatic rings. The van der Waals surface area contributed by atoms with Crippen LogP contribution >= 0.6 is 0 Å². The number of aliphatic carboxylic acids is 2. The highest BCUT2D eigenvalue weighted by Gasteiger charge is 2.09. The monoisotopic (exact) mass is 158 g/mol. The summed E-state index contributed by atoms with van der Waals surface area (Å²) < 4.78 is 0. The summed E-state index contributed by atoms with van der Waals surface area (Å²) in [7, 11) is 0. The number of carbonyl (C=O) groups is 2. The summed E-state index contributed by atoms with van der Waals surface area (Å²) in [6.07, 6.45) is 1.52. The maximum Gasteiger partial charge on any atom is 0.331 e. The Kier molecular flexibility index (Phi) is 3.95. The van der Waals surface area contributed by atoms with E-state index in [0.29, 0.717) is 6.42 Å². The maximum atomic E-state index is 10.3. The lowest BCUT2D eigenvalue weighted by Gasteiger charge is -1.95. The quantitative estimate of drug-likeness (QED) is 0.595. The van der Waals surface area contributed by atoms with Gasteiger partial charge in [0.15, 0.2) is 0 Å². The Morgan fingerprint density at radius 1 is 1.36 bits per heavy atom. The van der Waals surface area contributed by atoms with Gasteiger partial charge < -0.3 is 10.2 Å². The van der Waals surface area contributed by atoms with Crippen molar-refractivity contribution < 1.29 is 19.8 Å². The second-order valence-corrected chi connectivity index (χ2v) is 2.01. The number of allylic oxidation sites excluding steroid dienone is 1. The highest BCUT2D eigenvalue weighted by molar-refractivity contribution is 5.91. The molecule has 0 saturated heterocycles.